The average Bonchev–Trinajstić information content (AvgIpc) is 2.66. The topological polar surface area (TPSA) is 29.7 Å². The Balaban J connectivity index is 0.000000465. The molecule has 0 saturated heterocycles. The molecule has 0 bridgehead atoms. The number of hydrogen-bond donors (Lipinski definition) is 0. The lowest BCUT2D eigenvalue weighted by Gasteiger charge is -2.03. The minimum Gasteiger partial charge on any atom is -0.418 e. The van der Waals surface area contributed by atoms with Gasteiger partial charge in [-0.1, -0.05) is 77.1 Å². The second-order valence-electron chi connectivity index (χ2n) is 5.40. The zero-order valence-electron chi connectivity index (χ0n) is 14.6. The Labute approximate surface area is 159 Å². The first kappa shape index (κ1) is 20.9. The van der Waals surface area contributed by atoms with E-state index in [1.165, 1.54) is 5.56 Å². The van der Waals surface area contributed by atoms with E-state index >= 15 is 0 Å². The number of thioether (sulfide) groups is 1. The number of halogens is 4. The monoisotopic (exact) mass is 395 g/mol. The molecule has 0 fully saturated rings. The minimum atomic E-state index is -6.00. The molecule has 0 aliphatic carbocycles. The van der Waals surface area contributed by atoms with Crippen molar-refractivity contribution >= 4 is 19.0 Å². The highest BCUT2D eigenvalue weighted by molar-refractivity contribution is 7.98. The average molecular weight is 395 g/mol. The molecule has 1 aromatic heterocycles. The third-order valence-electron chi connectivity index (χ3n) is 3.31. The molecule has 0 atom stereocenters. The molecule has 0 spiro atoms. The lowest BCUT2D eigenvalue weighted by atomic mass is 10.2. The summed E-state index contributed by atoms with van der Waals surface area (Å²) < 4.78 is 40.9. The highest BCUT2D eigenvalue weighted by atomic mass is 32.2. The molecule has 3 nitrogen and oxygen atoms in total. The van der Waals surface area contributed by atoms with E-state index in [9.17, 15) is 17.3 Å². The molecule has 2 aromatic carbocycles. The van der Waals surface area contributed by atoms with Crippen molar-refractivity contribution in [2.45, 2.75) is 24.4 Å². The Bertz CT molecular complexity index is 827. The lowest BCUT2D eigenvalue weighted by molar-refractivity contribution is -0.754. The first-order chi connectivity index (χ1) is 12.8. The summed E-state index contributed by atoms with van der Waals surface area (Å²) in [5.41, 5.74) is 3.37. The van der Waals surface area contributed by atoms with E-state index in [1.807, 2.05) is 35.1 Å². The summed E-state index contributed by atoms with van der Waals surface area (Å²) >= 11 is 1.67. The summed E-state index contributed by atoms with van der Waals surface area (Å²) in [6.45, 7) is 2.93. The summed E-state index contributed by atoms with van der Waals surface area (Å²) in [6.07, 6.45) is 2.00. The molecule has 0 unspecified atom stereocenters. The second-order valence-corrected chi connectivity index (χ2v) is 6.34. The number of hydrogen-bond acceptors (Lipinski definition) is 3. The highest BCUT2D eigenvalue weighted by Gasteiger charge is 2.20. The first-order valence-electron chi connectivity index (χ1n) is 8.23. The molecule has 0 saturated carbocycles. The molecule has 0 aliphatic rings. The van der Waals surface area contributed by atoms with Gasteiger partial charge in [-0.05, 0) is 12.5 Å². The van der Waals surface area contributed by atoms with Crippen molar-refractivity contribution in [3.8, 4) is 11.3 Å². The van der Waals surface area contributed by atoms with Gasteiger partial charge < -0.3 is 17.3 Å². The van der Waals surface area contributed by atoms with Gasteiger partial charge in [-0.2, -0.15) is 0 Å². The van der Waals surface area contributed by atoms with Crippen LogP contribution in [-0.2, 0) is 12.3 Å². The maximum absolute atomic E-state index is 9.75. The predicted octanol–water partition coefficient (Wildman–Crippen LogP) is 5.04. The summed E-state index contributed by atoms with van der Waals surface area (Å²) in [4.78, 5) is 4.70. The fourth-order valence-corrected chi connectivity index (χ4v) is 2.94. The number of aromatic nitrogens is 3. The molecule has 0 N–H and O–H groups in total. The van der Waals surface area contributed by atoms with Crippen molar-refractivity contribution in [2.24, 2.45) is 0 Å². The lowest BCUT2D eigenvalue weighted by Crippen LogP contribution is -2.37. The third kappa shape index (κ3) is 8.21. The summed E-state index contributed by atoms with van der Waals surface area (Å²) in [7, 11) is -6.00. The van der Waals surface area contributed by atoms with Crippen molar-refractivity contribution in [3.05, 3.63) is 72.4 Å². The fourth-order valence-electron chi connectivity index (χ4n) is 2.13. The highest BCUT2D eigenvalue weighted by Crippen LogP contribution is 2.21. The van der Waals surface area contributed by atoms with Gasteiger partial charge in [-0.25, -0.2) is 4.98 Å². The van der Waals surface area contributed by atoms with Gasteiger partial charge >= 0.3 is 7.25 Å². The van der Waals surface area contributed by atoms with Crippen LogP contribution in [0.15, 0.2) is 72.0 Å². The smallest absolute Gasteiger partial charge is 0.418 e. The Morgan fingerprint density at radius 3 is 2.04 bits per heavy atom. The maximum Gasteiger partial charge on any atom is 0.673 e. The van der Waals surface area contributed by atoms with Gasteiger partial charge in [0.15, 0.2) is 6.54 Å². The van der Waals surface area contributed by atoms with Crippen LogP contribution in [0.4, 0.5) is 17.3 Å². The first-order valence-corrected chi connectivity index (χ1v) is 9.22. The van der Waals surface area contributed by atoms with Gasteiger partial charge in [0.1, 0.15) is 5.69 Å². The van der Waals surface area contributed by atoms with E-state index in [0.29, 0.717) is 0 Å². The molecule has 142 valence electrons. The Morgan fingerprint density at radius 2 is 1.48 bits per heavy atom. The van der Waals surface area contributed by atoms with Gasteiger partial charge in [0.2, 0.25) is 6.20 Å². The molecular formula is C18H18BF4N3S. The van der Waals surface area contributed by atoms with E-state index < -0.39 is 7.25 Å². The zero-order chi connectivity index (χ0) is 19.7. The maximum atomic E-state index is 9.75. The molecule has 3 aromatic rings. The number of benzene rings is 2. The van der Waals surface area contributed by atoms with Crippen LogP contribution in [-0.4, -0.2) is 17.3 Å². The van der Waals surface area contributed by atoms with Crippen molar-refractivity contribution in [3.63, 3.8) is 0 Å². The predicted molar refractivity (Wildman–Crippen MR) is 99.5 cm³/mol. The third-order valence-corrected chi connectivity index (χ3v) is 4.21. The van der Waals surface area contributed by atoms with Crippen LogP contribution >= 0.6 is 11.8 Å². The molecule has 9 heteroatoms. The van der Waals surface area contributed by atoms with Gasteiger partial charge in [-0.3, -0.25) is 0 Å². The van der Waals surface area contributed by atoms with Crippen LogP contribution in [0, 0.1) is 0 Å². The van der Waals surface area contributed by atoms with E-state index in [2.05, 4.69) is 48.4 Å². The van der Waals surface area contributed by atoms with E-state index in [1.54, 1.807) is 11.8 Å². The van der Waals surface area contributed by atoms with Crippen LogP contribution < -0.4 is 4.68 Å². The van der Waals surface area contributed by atoms with Crippen molar-refractivity contribution in [1.29, 1.82) is 0 Å². The standard InChI is InChI=1S/C18H18N3S.BF4/c1-2-21-13-17(16-11-7-4-8-12-16)19-18(20-21)22-14-15-9-5-3-6-10-15;2-1(3,4)5/h3-13H,2,14H2,1H3;/q+1;-1. The Morgan fingerprint density at radius 1 is 0.926 bits per heavy atom. The molecule has 27 heavy (non-hydrogen) atoms. The van der Waals surface area contributed by atoms with Gasteiger partial charge in [-0.15, -0.1) is 0 Å². The van der Waals surface area contributed by atoms with Crippen LogP contribution in [0.25, 0.3) is 11.3 Å². The van der Waals surface area contributed by atoms with Gasteiger partial charge in [0, 0.05) is 16.4 Å². The normalized spacial score (nSPS) is 10.9. The van der Waals surface area contributed by atoms with Crippen LogP contribution in [0.1, 0.15) is 12.5 Å². The van der Waals surface area contributed by atoms with Crippen LogP contribution in [0.2, 0.25) is 0 Å². The van der Waals surface area contributed by atoms with Crippen molar-refractivity contribution in [2.75, 3.05) is 0 Å². The summed E-state index contributed by atoms with van der Waals surface area (Å²) in [5, 5.41) is 5.37. The molecule has 0 amide bonds. The molecule has 3 rings (SSSR count). The molecule has 1 heterocycles. The summed E-state index contributed by atoms with van der Waals surface area (Å²) in [5.74, 6) is 0.878. The number of aryl methyl sites for hydroxylation is 1. The van der Waals surface area contributed by atoms with Crippen LogP contribution in [0.5, 0.6) is 0 Å². The Kier molecular flexibility index (Phi) is 7.78. The van der Waals surface area contributed by atoms with Gasteiger partial charge in [0.05, 0.1) is 0 Å². The van der Waals surface area contributed by atoms with Gasteiger partial charge in [0.25, 0.3) is 5.16 Å². The molecular weight excluding hydrogens is 377 g/mol. The second kappa shape index (κ2) is 10.1. The Hall–Kier alpha value is -2.42. The SMILES string of the molecule is CC[n+]1cc(-c2ccccc2)nc(SCc2ccccc2)n1.F[B-](F)(F)F. The number of nitrogens with zero attached hydrogens (tertiary/aromatic N) is 3. The van der Waals surface area contributed by atoms with E-state index in [4.69, 9.17) is 4.98 Å². The number of rotatable bonds is 5. The summed E-state index contributed by atoms with van der Waals surface area (Å²) in [6, 6.07) is 20.6. The van der Waals surface area contributed by atoms with E-state index in [0.717, 1.165) is 28.7 Å². The van der Waals surface area contributed by atoms with E-state index in [-0.39, 0.29) is 0 Å². The molecule has 0 radical (unpaired) electrons. The largest absolute Gasteiger partial charge is 0.673 e. The quantitative estimate of drug-likeness (QED) is 0.262. The molecule has 0 aliphatic heterocycles. The van der Waals surface area contributed by atoms with Crippen molar-refractivity contribution < 1.29 is 21.9 Å². The fraction of sp³-hybridized carbons (Fsp3) is 0.167. The van der Waals surface area contributed by atoms with Crippen LogP contribution in [0.3, 0.4) is 0 Å². The zero-order valence-corrected chi connectivity index (χ0v) is 15.4. The van der Waals surface area contributed by atoms with Crippen molar-refractivity contribution in [1.82, 2.24) is 10.1 Å². The minimum absolute atomic E-state index is 0.812.